The Hall–Kier alpha value is -4.60. The van der Waals surface area contributed by atoms with Crippen LogP contribution >= 0.6 is 0 Å². The molecule has 10 heteroatoms. The molecular formula is C31H26F4N4O2. The van der Waals surface area contributed by atoms with Crippen LogP contribution in [0.3, 0.4) is 0 Å². The Morgan fingerprint density at radius 1 is 1.02 bits per heavy atom. The van der Waals surface area contributed by atoms with Gasteiger partial charge in [-0.15, -0.1) is 0 Å². The molecule has 1 aliphatic heterocycles. The molecule has 0 radical (unpaired) electrons. The highest BCUT2D eigenvalue weighted by atomic mass is 19.4. The highest BCUT2D eigenvalue weighted by molar-refractivity contribution is 6.05. The number of benzene rings is 2. The smallest absolute Gasteiger partial charge is 0.382 e. The minimum Gasteiger partial charge on any atom is -0.382 e. The summed E-state index contributed by atoms with van der Waals surface area (Å²) >= 11 is 0. The number of pyridine rings is 2. The van der Waals surface area contributed by atoms with Crippen LogP contribution in [0.4, 0.5) is 17.6 Å². The largest absolute Gasteiger partial charge is 0.433 e. The van der Waals surface area contributed by atoms with Gasteiger partial charge in [0, 0.05) is 35.5 Å². The van der Waals surface area contributed by atoms with Crippen molar-refractivity contribution in [2.75, 3.05) is 0 Å². The van der Waals surface area contributed by atoms with Crippen molar-refractivity contribution < 1.29 is 27.2 Å². The molecule has 2 aromatic heterocycles. The van der Waals surface area contributed by atoms with E-state index in [0.29, 0.717) is 40.1 Å². The molecule has 0 bridgehead atoms. The molecule has 41 heavy (non-hydrogen) atoms. The van der Waals surface area contributed by atoms with E-state index in [1.807, 2.05) is 19.1 Å². The van der Waals surface area contributed by atoms with Gasteiger partial charge >= 0.3 is 6.18 Å². The summed E-state index contributed by atoms with van der Waals surface area (Å²) in [7, 11) is 0. The average Bonchev–Trinajstić information content (AvgIpc) is 3.36. The van der Waals surface area contributed by atoms with Gasteiger partial charge in [-0.25, -0.2) is 4.39 Å². The molecule has 1 N–H and O–H groups in total. The lowest BCUT2D eigenvalue weighted by molar-refractivity contribution is -0.141. The second-order valence-corrected chi connectivity index (χ2v) is 10.2. The lowest BCUT2D eigenvalue weighted by Gasteiger charge is -2.20. The number of nitrogens with one attached hydrogen (secondary N) is 1. The Morgan fingerprint density at radius 2 is 1.80 bits per heavy atom. The molecule has 0 saturated heterocycles. The molecule has 2 atom stereocenters. The molecule has 2 aromatic carbocycles. The van der Waals surface area contributed by atoms with Gasteiger partial charge < -0.3 is 10.2 Å². The highest BCUT2D eigenvalue weighted by Gasteiger charge is 2.38. The van der Waals surface area contributed by atoms with Crippen LogP contribution in [0.25, 0.3) is 11.1 Å². The van der Waals surface area contributed by atoms with Crippen molar-refractivity contribution in [1.29, 1.82) is 0 Å². The van der Waals surface area contributed by atoms with E-state index in [-0.39, 0.29) is 5.56 Å². The number of hydrogen-bond acceptors (Lipinski definition) is 5. The van der Waals surface area contributed by atoms with Gasteiger partial charge in [0.2, 0.25) is 0 Å². The molecule has 5 rings (SSSR count). The molecule has 2 unspecified atom stereocenters. The van der Waals surface area contributed by atoms with Crippen molar-refractivity contribution in [1.82, 2.24) is 15.3 Å². The molecule has 6 nitrogen and oxygen atoms in total. The third-order valence-electron chi connectivity index (χ3n) is 6.96. The van der Waals surface area contributed by atoms with Crippen LogP contribution in [0.15, 0.2) is 84.3 Å². The summed E-state index contributed by atoms with van der Waals surface area (Å²) in [6.07, 6.45) is -1.45. The standard InChI is InChI=1S/C31H26F4N4O2/c1-18-7-9-24(25(32)12-18)21-13-22(26-16-30(3,41-39-26)27-6-4-5-11-36-27)15-23(14-21)29(40)38-19(2)20-8-10-28(37-17-20)31(33,34)35/h4-15,17,19H,16H2,1-3H3,(H,38,40). The van der Waals surface area contributed by atoms with E-state index in [9.17, 15) is 18.0 Å². The summed E-state index contributed by atoms with van der Waals surface area (Å²) in [5, 5.41) is 7.09. The number of alkyl halides is 3. The summed E-state index contributed by atoms with van der Waals surface area (Å²) in [5.74, 6) is -0.944. The van der Waals surface area contributed by atoms with Gasteiger partial charge in [-0.05, 0) is 79.9 Å². The zero-order valence-electron chi connectivity index (χ0n) is 22.5. The van der Waals surface area contributed by atoms with E-state index in [0.717, 1.165) is 17.8 Å². The molecule has 3 heterocycles. The maximum atomic E-state index is 15.0. The average molecular weight is 563 g/mol. The second-order valence-electron chi connectivity index (χ2n) is 10.2. The van der Waals surface area contributed by atoms with Crippen LogP contribution in [-0.2, 0) is 16.6 Å². The van der Waals surface area contributed by atoms with Crippen molar-refractivity contribution >= 4 is 11.6 Å². The van der Waals surface area contributed by atoms with E-state index in [4.69, 9.17) is 4.84 Å². The fraction of sp³-hybridized carbons (Fsp3) is 0.226. The number of carbonyl (C=O) groups is 1. The zero-order valence-corrected chi connectivity index (χ0v) is 22.5. The van der Waals surface area contributed by atoms with Gasteiger partial charge in [0.1, 0.15) is 11.5 Å². The summed E-state index contributed by atoms with van der Waals surface area (Å²) in [4.78, 5) is 27.1. The molecule has 1 aliphatic rings. The number of hydrogen-bond donors (Lipinski definition) is 1. The van der Waals surface area contributed by atoms with Crippen molar-refractivity contribution in [2.24, 2.45) is 5.16 Å². The molecule has 0 aliphatic carbocycles. The van der Waals surface area contributed by atoms with E-state index in [2.05, 4.69) is 20.4 Å². The van der Waals surface area contributed by atoms with E-state index in [1.165, 1.54) is 12.1 Å². The van der Waals surface area contributed by atoms with Crippen molar-refractivity contribution in [3.8, 4) is 11.1 Å². The second kappa shape index (κ2) is 10.8. The summed E-state index contributed by atoms with van der Waals surface area (Å²) in [6, 6.07) is 16.8. The third-order valence-corrected chi connectivity index (χ3v) is 6.96. The predicted molar refractivity (Wildman–Crippen MR) is 146 cm³/mol. The first-order valence-electron chi connectivity index (χ1n) is 12.9. The van der Waals surface area contributed by atoms with E-state index < -0.39 is 35.2 Å². The normalized spacial score (nSPS) is 17.5. The predicted octanol–water partition coefficient (Wildman–Crippen LogP) is 7.14. The number of aryl methyl sites for hydroxylation is 1. The molecular weight excluding hydrogens is 536 g/mol. The van der Waals surface area contributed by atoms with Gasteiger partial charge in [-0.3, -0.25) is 14.8 Å². The van der Waals surface area contributed by atoms with Gasteiger partial charge in [0.15, 0.2) is 5.60 Å². The summed E-state index contributed by atoms with van der Waals surface area (Å²) in [6.45, 7) is 5.28. The summed E-state index contributed by atoms with van der Waals surface area (Å²) in [5.41, 5.74) is 2.10. The Labute approximate surface area is 234 Å². The fourth-order valence-electron chi connectivity index (χ4n) is 4.64. The van der Waals surface area contributed by atoms with Gasteiger partial charge in [0.05, 0.1) is 17.4 Å². The van der Waals surface area contributed by atoms with E-state index >= 15 is 4.39 Å². The van der Waals surface area contributed by atoms with Gasteiger partial charge in [0.25, 0.3) is 5.91 Å². The first kappa shape index (κ1) is 27.9. The van der Waals surface area contributed by atoms with Crippen LogP contribution in [0.2, 0.25) is 0 Å². The quantitative estimate of drug-likeness (QED) is 0.254. The van der Waals surface area contributed by atoms with Gasteiger partial charge in [-0.1, -0.05) is 29.4 Å². The van der Waals surface area contributed by atoms with Crippen molar-refractivity contribution in [3.05, 3.63) is 119 Å². The molecule has 1 amide bonds. The number of aromatic nitrogens is 2. The zero-order chi connectivity index (χ0) is 29.4. The molecule has 0 saturated carbocycles. The van der Waals surface area contributed by atoms with Crippen molar-refractivity contribution in [3.63, 3.8) is 0 Å². The Bertz CT molecular complexity index is 1620. The Kier molecular flexibility index (Phi) is 7.33. The SMILES string of the molecule is Cc1ccc(-c2cc(C(=O)NC(C)c3ccc(C(F)(F)F)nc3)cc(C3=NOC(C)(c4ccccn4)C3)c2)c(F)c1. The van der Waals surface area contributed by atoms with Crippen LogP contribution in [-0.4, -0.2) is 21.6 Å². The number of nitrogens with zero attached hydrogens (tertiary/aromatic N) is 3. The molecule has 0 spiro atoms. The number of amides is 1. The number of oxime groups is 1. The number of carbonyl (C=O) groups excluding carboxylic acids is 1. The third kappa shape index (κ3) is 5.96. The maximum Gasteiger partial charge on any atom is 0.433 e. The van der Waals surface area contributed by atoms with Crippen LogP contribution in [0, 0.1) is 12.7 Å². The molecule has 4 aromatic rings. The fourth-order valence-corrected chi connectivity index (χ4v) is 4.64. The maximum absolute atomic E-state index is 15.0. The highest BCUT2D eigenvalue weighted by Crippen LogP contribution is 2.36. The van der Waals surface area contributed by atoms with Crippen molar-refractivity contribution in [2.45, 2.75) is 45.0 Å². The minimum absolute atomic E-state index is 0.221. The monoisotopic (exact) mass is 562 g/mol. The van der Waals surface area contributed by atoms with E-state index in [1.54, 1.807) is 56.4 Å². The first-order chi connectivity index (χ1) is 19.4. The minimum atomic E-state index is -4.56. The number of rotatable bonds is 6. The molecule has 0 fully saturated rings. The lowest BCUT2D eigenvalue weighted by atomic mass is 9.90. The topological polar surface area (TPSA) is 76.5 Å². The Morgan fingerprint density at radius 3 is 2.46 bits per heavy atom. The summed E-state index contributed by atoms with van der Waals surface area (Å²) < 4.78 is 53.7. The molecule has 210 valence electrons. The first-order valence-corrected chi connectivity index (χ1v) is 12.9. The van der Waals surface area contributed by atoms with Gasteiger partial charge in [-0.2, -0.15) is 13.2 Å². The van der Waals surface area contributed by atoms with Crippen LogP contribution in [0.1, 0.15) is 64.7 Å². The lowest BCUT2D eigenvalue weighted by Crippen LogP contribution is -2.27. The number of halogens is 4. The van der Waals surface area contributed by atoms with Crippen LogP contribution < -0.4 is 5.32 Å². The Balaban J connectivity index is 1.47. The van der Waals surface area contributed by atoms with Crippen LogP contribution in [0.5, 0.6) is 0 Å².